The van der Waals surface area contributed by atoms with Gasteiger partial charge in [0.1, 0.15) is 5.75 Å². The number of aryl methyl sites for hydroxylation is 2. The molecular weight excluding hydrogens is 365 g/mol. The lowest BCUT2D eigenvalue weighted by molar-refractivity contribution is 0.307. The van der Waals surface area contributed by atoms with E-state index < -0.39 is 0 Å². The molecule has 2 N–H and O–H groups in total. The van der Waals surface area contributed by atoms with Crippen molar-refractivity contribution in [3.8, 4) is 5.75 Å². The van der Waals surface area contributed by atoms with Crippen LogP contribution < -0.4 is 15.4 Å². The van der Waals surface area contributed by atoms with Crippen LogP contribution >= 0.6 is 24.0 Å². The predicted molar refractivity (Wildman–Crippen MR) is 94.4 cm³/mol. The van der Waals surface area contributed by atoms with Crippen molar-refractivity contribution in [3.63, 3.8) is 0 Å². The molecule has 4 nitrogen and oxygen atoms in total. The summed E-state index contributed by atoms with van der Waals surface area (Å²) in [6, 6.07) is 6.23. The van der Waals surface area contributed by atoms with Gasteiger partial charge in [0, 0.05) is 19.6 Å². The maximum absolute atomic E-state index is 5.86. The molecule has 0 aromatic heterocycles. The first-order valence-electron chi connectivity index (χ1n) is 6.98. The first-order chi connectivity index (χ1) is 9.27. The zero-order valence-electron chi connectivity index (χ0n) is 12.2. The highest BCUT2D eigenvalue weighted by molar-refractivity contribution is 14.0. The summed E-state index contributed by atoms with van der Waals surface area (Å²) < 4.78 is 5.86. The first kappa shape index (κ1) is 17.1. The number of hydrogen-bond acceptors (Lipinski definition) is 4. The fourth-order valence-corrected chi connectivity index (χ4v) is 2.13. The molecule has 0 saturated heterocycles. The molecule has 0 spiro atoms. The van der Waals surface area contributed by atoms with Gasteiger partial charge in [0.15, 0.2) is 5.96 Å². The Kier molecular flexibility index (Phi) is 7.72. The summed E-state index contributed by atoms with van der Waals surface area (Å²) in [4.78, 5) is 4.37. The SMILES string of the molecule is Cc1cccc(C)c1OCCCNC1=NCCCN1.I. The number of halogens is 1. The van der Waals surface area contributed by atoms with Gasteiger partial charge in [-0.25, -0.2) is 0 Å². The molecule has 20 heavy (non-hydrogen) atoms. The molecule has 0 bridgehead atoms. The van der Waals surface area contributed by atoms with Crippen molar-refractivity contribution in [2.24, 2.45) is 4.99 Å². The Morgan fingerprint density at radius 2 is 2.05 bits per heavy atom. The number of guanidine groups is 1. The summed E-state index contributed by atoms with van der Waals surface area (Å²) >= 11 is 0. The molecule has 1 heterocycles. The summed E-state index contributed by atoms with van der Waals surface area (Å²) in [6.45, 7) is 7.73. The van der Waals surface area contributed by atoms with Crippen molar-refractivity contribution in [1.29, 1.82) is 0 Å². The summed E-state index contributed by atoms with van der Waals surface area (Å²) in [5.41, 5.74) is 2.40. The maximum Gasteiger partial charge on any atom is 0.191 e. The number of nitrogens with zero attached hydrogens (tertiary/aromatic N) is 1. The van der Waals surface area contributed by atoms with Crippen LogP contribution in [0.4, 0.5) is 0 Å². The third-order valence-electron chi connectivity index (χ3n) is 3.17. The van der Waals surface area contributed by atoms with E-state index in [4.69, 9.17) is 4.74 Å². The van der Waals surface area contributed by atoms with Crippen LogP contribution in [0.5, 0.6) is 5.75 Å². The molecule has 1 aliphatic rings. The topological polar surface area (TPSA) is 45.6 Å². The minimum atomic E-state index is 0. The van der Waals surface area contributed by atoms with E-state index >= 15 is 0 Å². The second-order valence-electron chi connectivity index (χ2n) is 4.86. The second kappa shape index (κ2) is 9.05. The van der Waals surface area contributed by atoms with Crippen LogP contribution in [0.3, 0.4) is 0 Å². The molecule has 1 aliphatic heterocycles. The molecule has 5 heteroatoms. The van der Waals surface area contributed by atoms with Crippen LogP contribution in [-0.2, 0) is 0 Å². The predicted octanol–water partition coefficient (Wildman–Crippen LogP) is 2.63. The van der Waals surface area contributed by atoms with E-state index in [0.717, 1.165) is 50.8 Å². The van der Waals surface area contributed by atoms with Crippen LogP contribution in [-0.4, -0.2) is 32.2 Å². The minimum absolute atomic E-state index is 0. The third kappa shape index (κ3) is 5.19. The van der Waals surface area contributed by atoms with Gasteiger partial charge in [-0.05, 0) is 37.8 Å². The van der Waals surface area contributed by atoms with E-state index in [1.165, 1.54) is 11.1 Å². The lowest BCUT2D eigenvalue weighted by Crippen LogP contribution is -2.41. The van der Waals surface area contributed by atoms with Crippen molar-refractivity contribution < 1.29 is 4.74 Å². The molecule has 0 unspecified atom stereocenters. The monoisotopic (exact) mass is 389 g/mol. The largest absolute Gasteiger partial charge is 0.493 e. The van der Waals surface area contributed by atoms with E-state index in [-0.39, 0.29) is 24.0 Å². The van der Waals surface area contributed by atoms with Crippen LogP contribution in [0.2, 0.25) is 0 Å². The Labute approximate surface area is 138 Å². The highest BCUT2D eigenvalue weighted by atomic mass is 127. The van der Waals surface area contributed by atoms with Gasteiger partial charge in [-0.3, -0.25) is 4.99 Å². The Balaban J connectivity index is 0.00000200. The van der Waals surface area contributed by atoms with Crippen molar-refractivity contribution in [2.45, 2.75) is 26.7 Å². The van der Waals surface area contributed by atoms with E-state index in [0.29, 0.717) is 0 Å². The number of aliphatic imine (C=N–C) groups is 1. The molecule has 112 valence electrons. The summed E-state index contributed by atoms with van der Waals surface area (Å²) in [7, 11) is 0. The van der Waals surface area contributed by atoms with Crippen molar-refractivity contribution >= 4 is 29.9 Å². The van der Waals surface area contributed by atoms with E-state index in [1.807, 2.05) is 0 Å². The fourth-order valence-electron chi connectivity index (χ4n) is 2.13. The molecular formula is C15H24IN3O. The number of nitrogens with one attached hydrogen (secondary N) is 2. The average molecular weight is 389 g/mol. The summed E-state index contributed by atoms with van der Waals surface area (Å²) in [5.74, 6) is 1.95. The molecule has 0 atom stereocenters. The van der Waals surface area contributed by atoms with Gasteiger partial charge in [0.2, 0.25) is 0 Å². The molecule has 0 aliphatic carbocycles. The van der Waals surface area contributed by atoms with E-state index in [2.05, 4.69) is 47.7 Å². The second-order valence-corrected chi connectivity index (χ2v) is 4.86. The normalized spacial score (nSPS) is 13.8. The van der Waals surface area contributed by atoms with Gasteiger partial charge < -0.3 is 15.4 Å². The minimum Gasteiger partial charge on any atom is -0.493 e. The van der Waals surface area contributed by atoms with Gasteiger partial charge in [0.05, 0.1) is 6.61 Å². The maximum atomic E-state index is 5.86. The highest BCUT2D eigenvalue weighted by Crippen LogP contribution is 2.22. The van der Waals surface area contributed by atoms with Crippen LogP contribution in [0.15, 0.2) is 23.2 Å². The van der Waals surface area contributed by atoms with Crippen LogP contribution in [0.1, 0.15) is 24.0 Å². The Morgan fingerprint density at radius 1 is 1.30 bits per heavy atom. The van der Waals surface area contributed by atoms with E-state index in [1.54, 1.807) is 0 Å². The smallest absolute Gasteiger partial charge is 0.191 e. The first-order valence-corrected chi connectivity index (χ1v) is 6.98. The summed E-state index contributed by atoms with van der Waals surface area (Å²) in [5, 5.41) is 6.54. The van der Waals surface area contributed by atoms with Gasteiger partial charge in [-0.1, -0.05) is 18.2 Å². The standard InChI is InChI=1S/C15H23N3O.HI/c1-12-6-3-7-13(2)14(12)19-11-5-10-18-15-16-8-4-9-17-15;/h3,6-7H,4-5,8-11H2,1-2H3,(H2,16,17,18);1H. The Morgan fingerprint density at radius 3 is 2.70 bits per heavy atom. The Bertz CT molecular complexity index is 428. The van der Waals surface area contributed by atoms with Gasteiger partial charge >= 0.3 is 0 Å². The van der Waals surface area contributed by atoms with E-state index in [9.17, 15) is 0 Å². The summed E-state index contributed by atoms with van der Waals surface area (Å²) in [6.07, 6.45) is 2.09. The highest BCUT2D eigenvalue weighted by Gasteiger charge is 2.04. The molecule has 1 aromatic rings. The average Bonchev–Trinajstić information content (AvgIpc) is 2.42. The number of rotatable bonds is 5. The number of hydrogen-bond donors (Lipinski definition) is 2. The molecule has 0 saturated carbocycles. The lowest BCUT2D eigenvalue weighted by atomic mass is 10.1. The molecule has 1 aromatic carbocycles. The van der Waals surface area contributed by atoms with Crippen LogP contribution in [0, 0.1) is 13.8 Å². The van der Waals surface area contributed by atoms with Gasteiger partial charge in [-0.2, -0.15) is 0 Å². The molecule has 0 radical (unpaired) electrons. The number of para-hydroxylation sites is 1. The molecule has 2 rings (SSSR count). The quantitative estimate of drug-likeness (QED) is 0.601. The molecule has 0 amide bonds. The van der Waals surface area contributed by atoms with Gasteiger partial charge in [-0.15, -0.1) is 24.0 Å². The van der Waals surface area contributed by atoms with Gasteiger partial charge in [0.25, 0.3) is 0 Å². The van der Waals surface area contributed by atoms with Crippen LogP contribution in [0.25, 0.3) is 0 Å². The fraction of sp³-hybridized carbons (Fsp3) is 0.533. The third-order valence-corrected chi connectivity index (χ3v) is 3.17. The number of ether oxygens (including phenoxy) is 1. The zero-order valence-corrected chi connectivity index (χ0v) is 14.6. The van der Waals surface area contributed by atoms with Crippen molar-refractivity contribution in [2.75, 3.05) is 26.2 Å². The zero-order chi connectivity index (χ0) is 13.5. The molecule has 0 fully saturated rings. The van der Waals surface area contributed by atoms with Crippen molar-refractivity contribution in [1.82, 2.24) is 10.6 Å². The number of benzene rings is 1. The lowest BCUT2D eigenvalue weighted by Gasteiger charge is -2.16. The Hall–Kier alpha value is -0.980. The van der Waals surface area contributed by atoms with Crippen molar-refractivity contribution in [3.05, 3.63) is 29.3 Å².